The van der Waals surface area contributed by atoms with E-state index >= 15 is 0 Å². The number of carbonyl (C=O) groups excluding carboxylic acids is 4. The lowest BCUT2D eigenvalue weighted by atomic mass is 9.79. The number of likely N-dealkylation sites (tertiary alicyclic amines) is 2. The molecule has 4 atom stereocenters. The second-order valence-electron chi connectivity index (χ2n) is 14.0. The van der Waals surface area contributed by atoms with Crippen molar-refractivity contribution in [2.75, 3.05) is 33.2 Å². The first kappa shape index (κ1) is 34.4. The van der Waals surface area contributed by atoms with Gasteiger partial charge in [-0.2, -0.15) is 0 Å². The van der Waals surface area contributed by atoms with Gasteiger partial charge in [-0.1, -0.05) is 48.0 Å². The molecule has 10 nitrogen and oxygen atoms in total. The van der Waals surface area contributed by atoms with E-state index in [2.05, 4.69) is 32.7 Å². The molecule has 11 heteroatoms. The van der Waals surface area contributed by atoms with E-state index in [4.69, 9.17) is 11.6 Å². The van der Waals surface area contributed by atoms with Crippen molar-refractivity contribution in [2.45, 2.75) is 38.6 Å². The Balaban J connectivity index is 1.11. The SMILES string of the molecule is CNC(=O)[C@H](CCCc1ccccc1)NC(=O)C1CN(C(=O)Cc2c[nH]c3cc(Cl)ccc23)CC2CN(C(=O)c3ccc4[nH]c(C)cc4c3)CC21. The first-order valence-electron chi connectivity index (χ1n) is 17.6. The van der Waals surface area contributed by atoms with Crippen LogP contribution in [0.2, 0.25) is 5.02 Å². The molecule has 5 aromatic rings. The summed E-state index contributed by atoms with van der Waals surface area (Å²) in [5.74, 6) is -1.57. The van der Waals surface area contributed by atoms with E-state index in [1.165, 1.54) is 5.56 Å². The Morgan fingerprint density at radius 2 is 1.73 bits per heavy atom. The Morgan fingerprint density at radius 3 is 2.53 bits per heavy atom. The normalized spacial score (nSPS) is 19.2. The second-order valence-corrected chi connectivity index (χ2v) is 14.5. The topological polar surface area (TPSA) is 130 Å². The number of likely N-dealkylation sites (N-methyl/N-ethyl adjacent to an activating group) is 1. The molecule has 4 amide bonds. The molecule has 3 aromatic carbocycles. The molecular weight excluding hydrogens is 664 g/mol. The number of aromatic nitrogens is 2. The molecule has 2 aromatic heterocycles. The van der Waals surface area contributed by atoms with Crippen LogP contribution in [0, 0.1) is 24.7 Å². The van der Waals surface area contributed by atoms with Gasteiger partial charge in [0, 0.05) is 77.5 Å². The number of nitrogens with zero attached hydrogens (tertiary/aromatic N) is 2. The molecule has 4 N–H and O–H groups in total. The number of aromatic amines is 2. The minimum absolute atomic E-state index is 0.0918. The number of aryl methyl sites for hydroxylation is 2. The van der Waals surface area contributed by atoms with Crippen LogP contribution in [0.3, 0.4) is 0 Å². The Labute approximate surface area is 301 Å². The van der Waals surface area contributed by atoms with E-state index in [0.29, 0.717) is 43.1 Å². The van der Waals surface area contributed by atoms with Gasteiger partial charge in [-0.3, -0.25) is 19.2 Å². The highest BCUT2D eigenvalue weighted by atomic mass is 35.5. The predicted octanol–water partition coefficient (Wildman–Crippen LogP) is 5.25. The predicted molar refractivity (Wildman–Crippen MR) is 198 cm³/mol. The summed E-state index contributed by atoms with van der Waals surface area (Å²) >= 11 is 6.19. The number of benzene rings is 3. The number of nitrogens with one attached hydrogen (secondary N) is 4. The van der Waals surface area contributed by atoms with Crippen LogP contribution < -0.4 is 10.6 Å². The summed E-state index contributed by atoms with van der Waals surface area (Å²) in [4.78, 5) is 65.2. The molecule has 4 heterocycles. The number of hydrogen-bond acceptors (Lipinski definition) is 4. The van der Waals surface area contributed by atoms with Gasteiger partial charge >= 0.3 is 0 Å². The maximum atomic E-state index is 14.2. The fourth-order valence-electron chi connectivity index (χ4n) is 7.97. The van der Waals surface area contributed by atoms with Crippen molar-refractivity contribution in [3.05, 3.63) is 106 Å². The van der Waals surface area contributed by atoms with Crippen LogP contribution in [0.15, 0.2) is 79.0 Å². The van der Waals surface area contributed by atoms with E-state index < -0.39 is 12.0 Å². The third kappa shape index (κ3) is 7.37. The molecule has 2 fully saturated rings. The molecule has 0 aliphatic carbocycles. The number of hydrogen-bond donors (Lipinski definition) is 4. The largest absolute Gasteiger partial charge is 0.361 e. The summed E-state index contributed by atoms with van der Waals surface area (Å²) in [5.41, 5.74) is 5.46. The molecule has 264 valence electrons. The van der Waals surface area contributed by atoms with Crippen molar-refractivity contribution in [3.8, 4) is 0 Å². The standard InChI is InChI=1S/C40H43ClN6O4/c1-24-15-27-16-26(11-14-34(27)44-24)40(51)47-21-29-20-46(37(48)17-28-19-43-36-18-30(41)12-13-31(28)36)23-33(32(29)22-47)38(49)45-35(39(50)42-2)10-6-9-25-7-4-3-5-8-25/h3-5,7-8,11-16,18-19,29,32-33,35,43-44H,6,9-10,17,20-23H2,1-2H3,(H,42,50)(H,45,49)/t29?,32?,33?,35-/m0/s1. The van der Waals surface area contributed by atoms with Crippen LogP contribution in [-0.2, 0) is 27.2 Å². The minimum Gasteiger partial charge on any atom is -0.361 e. The zero-order valence-corrected chi connectivity index (χ0v) is 29.6. The summed E-state index contributed by atoms with van der Waals surface area (Å²) in [6.07, 6.45) is 3.96. The van der Waals surface area contributed by atoms with Crippen molar-refractivity contribution in [1.29, 1.82) is 0 Å². The number of piperidine rings is 1. The van der Waals surface area contributed by atoms with E-state index in [0.717, 1.165) is 39.5 Å². The fourth-order valence-corrected chi connectivity index (χ4v) is 8.14. The van der Waals surface area contributed by atoms with Gasteiger partial charge in [0.1, 0.15) is 6.04 Å². The zero-order valence-electron chi connectivity index (χ0n) is 28.9. The first-order valence-corrected chi connectivity index (χ1v) is 18.0. The third-order valence-electron chi connectivity index (χ3n) is 10.6. The van der Waals surface area contributed by atoms with Crippen LogP contribution in [-0.4, -0.2) is 82.7 Å². The Morgan fingerprint density at radius 1 is 0.922 bits per heavy atom. The van der Waals surface area contributed by atoms with E-state index in [-0.39, 0.29) is 48.4 Å². The molecule has 0 bridgehead atoms. The van der Waals surface area contributed by atoms with Crippen molar-refractivity contribution < 1.29 is 19.2 Å². The quantitative estimate of drug-likeness (QED) is 0.158. The van der Waals surface area contributed by atoms with Crippen LogP contribution in [0.25, 0.3) is 21.8 Å². The fraction of sp³-hybridized carbons (Fsp3) is 0.350. The summed E-state index contributed by atoms with van der Waals surface area (Å²) < 4.78 is 0. The van der Waals surface area contributed by atoms with Crippen molar-refractivity contribution >= 4 is 57.0 Å². The molecule has 2 aliphatic heterocycles. The van der Waals surface area contributed by atoms with Crippen LogP contribution in [0.4, 0.5) is 0 Å². The van der Waals surface area contributed by atoms with Gasteiger partial charge in [0.05, 0.1) is 12.3 Å². The van der Waals surface area contributed by atoms with E-state index in [1.54, 1.807) is 18.0 Å². The highest BCUT2D eigenvalue weighted by molar-refractivity contribution is 6.31. The third-order valence-corrected chi connectivity index (χ3v) is 10.8. The second kappa shape index (κ2) is 14.6. The molecule has 51 heavy (non-hydrogen) atoms. The lowest BCUT2D eigenvalue weighted by Crippen LogP contribution is -2.56. The van der Waals surface area contributed by atoms with Gasteiger partial charge in [-0.25, -0.2) is 0 Å². The van der Waals surface area contributed by atoms with Gasteiger partial charge < -0.3 is 30.4 Å². The van der Waals surface area contributed by atoms with Crippen molar-refractivity contribution in [3.63, 3.8) is 0 Å². The zero-order chi connectivity index (χ0) is 35.6. The average Bonchev–Trinajstić information content (AvgIpc) is 3.85. The maximum absolute atomic E-state index is 14.2. The molecule has 0 spiro atoms. The highest BCUT2D eigenvalue weighted by Gasteiger charge is 2.48. The van der Waals surface area contributed by atoms with Gasteiger partial charge in [0.25, 0.3) is 5.91 Å². The van der Waals surface area contributed by atoms with Crippen molar-refractivity contribution in [2.24, 2.45) is 17.8 Å². The van der Waals surface area contributed by atoms with Crippen LogP contribution >= 0.6 is 11.6 Å². The minimum atomic E-state index is -0.718. The molecule has 3 unspecified atom stereocenters. The van der Waals surface area contributed by atoms with Crippen molar-refractivity contribution in [1.82, 2.24) is 30.4 Å². The number of rotatable bonds is 10. The average molecular weight is 707 g/mol. The summed E-state index contributed by atoms with van der Waals surface area (Å²) in [6.45, 7) is 3.47. The lowest BCUT2D eigenvalue weighted by Gasteiger charge is -2.40. The molecule has 2 aliphatic rings. The Hall–Kier alpha value is -5.09. The van der Waals surface area contributed by atoms with E-state index in [9.17, 15) is 19.2 Å². The smallest absolute Gasteiger partial charge is 0.253 e. The summed E-state index contributed by atoms with van der Waals surface area (Å²) in [6, 6.07) is 22.6. The Bertz CT molecular complexity index is 2090. The monoisotopic (exact) mass is 706 g/mol. The maximum Gasteiger partial charge on any atom is 0.253 e. The number of halogens is 1. The van der Waals surface area contributed by atoms with Crippen LogP contribution in [0.5, 0.6) is 0 Å². The molecule has 0 saturated carbocycles. The molecule has 0 radical (unpaired) electrons. The molecular formula is C40H43ClN6O4. The van der Waals surface area contributed by atoms with Gasteiger partial charge in [0.15, 0.2) is 0 Å². The van der Waals surface area contributed by atoms with Gasteiger partial charge in [-0.05, 0) is 85.5 Å². The lowest BCUT2D eigenvalue weighted by molar-refractivity contribution is -0.140. The summed E-state index contributed by atoms with van der Waals surface area (Å²) in [7, 11) is 1.57. The van der Waals surface area contributed by atoms with Gasteiger partial charge in [-0.15, -0.1) is 0 Å². The number of carbonyl (C=O) groups is 4. The number of amides is 4. The number of fused-ring (bicyclic) bond motifs is 3. The van der Waals surface area contributed by atoms with E-state index in [1.807, 2.05) is 72.6 Å². The van der Waals surface area contributed by atoms with Crippen LogP contribution in [0.1, 0.15) is 40.0 Å². The summed E-state index contributed by atoms with van der Waals surface area (Å²) in [5, 5.41) is 8.26. The number of H-pyrrole nitrogens is 2. The Kier molecular flexibility index (Phi) is 9.86. The first-order chi connectivity index (χ1) is 24.7. The van der Waals surface area contributed by atoms with Gasteiger partial charge in [0.2, 0.25) is 17.7 Å². The molecule has 7 rings (SSSR count). The highest BCUT2D eigenvalue weighted by Crippen LogP contribution is 2.37. The molecule has 2 saturated heterocycles.